The second kappa shape index (κ2) is 5.72. The average Bonchev–Trinajstić information content (AvgIpc) is 2.39. The van der Waals surface area contributed by atoms with Crippen LogP contribution in [0.4, 0.5) is 0 Å². The zero-order valence-corrected chi connectivity index (χ0v) is 10.9. The summed E-state index contributed by atoms with van der Waals surface area (Å²) in [7, 11) is 0. The number of aliphatic hydroxyl groups excluding tert-OH is 1. The normalized spacial score (nSPS) is 20.4. The third-order valence-electron chi connectivity index (χ3n) is 3.71. The highest BCUT2D eigenvalue weighted by Gasteiger charge is 2.37. The van der Waals surface area contributed by atoms with Crippen molar-refractivity contribution in [2.24, 2.45) is 0 Å². The van der Waals surface area contributed by atoms with Crippen LogP contribution < -0.4 is 4.74 Å². The van der Waals surface area contributed by atoms with E-state index in [1.807, 2.05) is 31.2 Å². The minimum Gasteiger partial charge on any atom is -0.494 e. The maximum absolute atomic E-state index is 10.5. The molecule has 18 heavy (non-hydrogen) atoms. The Bertz CT molecular complexity index is 383. The maximum Gasteiger partial charge on any atom is 0.119 e. The van der Waals surface area contributed by atoms with Gasteiger partial charge >= 0.3 is 0 Å². The molecule has 0 amide bonds. The molecule has 0 radical (unpaired) electrons. The topological polar surface area (TPSA) is 49.7 Å². The van der Waals surface area contributed by atoms with Crippen molar-refractivity contribution in [3.05, 3.63) is 29.8 Å². The van der Waals surface area contributed by atoms with E-state index in [4.69, 9.17) is 4.74 Å². The van der Waals surface area contributed by atoms with Crippen LogP contribution in [0.1, 0.15) is 50.7 Å². The molecule has 1 fully saturated rings. The van der Waals surface area contributed by atoms with Gasteiger partial charge in [0.15, 0.2) is 0 Å². The number of rotatable bonds is 4. The van der Waals surface area contributed by atoms with E-state index >= 15 is 0 Å². The predicted molar refractivity (Wildman–Crippen MR) is 70.6 cm³/mol. The van der Waals surface area contributed by atoms with E-state index in [9.17, 15) is 10.2 Å². The van der Waals surface area contributed by atoms with Crippen LogP contribution in [0.3, 0.4) is 0 Å². The fraction of sp³-hybridized carbons (Fsp3) is 0.600. The van der Waals surface area contributed by atoms with Gasteiger partial charge in [-0.1, -0.05) is 31.4 Å². The summed E-state index contributed by atoms with van der Waals surface area (Å²) in [6.45, 7) is 2.53. The second-order valence-electron chi connectivity index (χ2n) is 5.07. The summed E-state index contributed by atoms with van der Waals surface area (Å²) >= 11 is 0. The molecule has 1 unspecified atom stereocenters. The Morgan fingerprint density at radius 3 is 2.67 bits per heavy atom. The molecule has 100 valence electrons. The van der Waals surface area contributed by atoms with Gasteiger partial charge in [-0.2, -0.15) is 0 Å². The van der Waals surface area contributed by atoms with E-state index < -0.39 is 11.7 Å². The molecule has 0 saturated heterocycles. The standard InChI is InChI=1S/C15H22O3/c1-2-18-13-8-6-7-12(11-13)14(16)15(17)9-4-3-5-10-15/h6-8,11,14,16-17H,2-5,9-10H2,1H3. The zero-order valence-electron chi connectivity index (χ0n) is 10.9. The van der Waals surface area contributed by atoms with Gasteiger partial charge in [-0.15, -0.1) is 0 Å². The Morgan fingerprint density at radius 2 is 2.00 bits per heavy atom. The van der Waals surface area contributed by atoms with Gasteiger partial charge in [0, 0.05) is 0 Å². The lowest BCUT2D eigenvalue weighted by Gasteiger charge is -2.36. The SMILES string of the molecule is CCOc1cccc(C(O)C2(O)CCCCC2)c1. The molecule has 1 aliphatic rings. The number of aliphatic hydroxyl groups is 2. The van der Waals surface area contributed by atoms with Crippen LogP contribution in [0.25, 0.3) is 0 Å². The van der Waals surface area contributed by atoms with E-state index in [-0.39, 0.29) is 0 Å². The highest BCUT2D eigenvalue weighted by molar-refractivity contribution is 5.31. The van der Waals surface area contributed by atoms with Gasteiger partial charge in [0.05, 0.1) is 12.2 Å². The molecule has 1 aliphatic carbocycles. The highest BCUT2D eigenvalue weighted by atomic mass is 16.5. The van der Waals surface area contributed by atoms with E-state index in [2.05, 4.69) is 0 Å². The van der Waals surface area contributed by atoms with Crippen molar-refractivity contribution in [3.63, 3.8) is 0 Å². The van der Waals surface area contributed by atoms with Crippen molar-refractivity contribution in [3.8, 4) is 5.75 Å². The quantitative estimate of drug-likeness (QED) is 0.864. The molecule has 1 saturated carbocycles. The molecule has 0 aliphatic heterocycles. The second-order valence-corrected chi connectivity index (χ2v) is 5.07. The summed E-state index contributed by atoms with van der Waals surface area (Å²) in [6, 6.07) is 7.39. The Labute approximate surface area is 108 Å². The van der Waals surface area contributed by atoms with Crippen molar-refractivity contribution in [2.45, 2.75) is 50.7 Å². The fourth-order valence-corrected chi connectivity index (χ4v) is 2.69. The Morgan fingerprint density at radius 1 is 1.28 bits per heavy atom. The Hall–Kier alpha value is -1.06. The first kappa shape index (κ1) is 13.4. The van der Waals surface area contributed by atoms with Crippen molar-refractivity contribution in [1.29, 1.82) is 0 Å². The van der Waals surface area contributed by atoms with Crippen LogP contribution in [-0.2, 0) is 0 Å². The summed E-state index contributed by atoms with van der Waals surface area (Å²) in [4.78, 5) is 0. The molecular formula is C15H22O3. The zero-order chi connectivity index (χ0) is 13.0. The molecule has 2 N–H and O–H groups in total. The summed E-state index contributed by atoms with van der Waals surface area (Å²) in [5.41, 5.74) is -0.228. The number of hydrogen-bond acceptors (Lipinski definition) is 3. The molecule has 3 nitrogen and oxygen atoms in total. The first-order chi connectivity index (χ1) is 8.65. The van der Waals surface area contributed by atoms with Gasteiger partial charge in [0.2, 0.25) is 0 Å². The first-order valence-corrected chi connectivity index (χ1v) is 6.79. The van der Waals surface area contributed by atoms with Crippen LogP contribution in [0.15, 0.2) is 24.3 Å². The maximum atomic E-state index is 10.5. The molecule has 0 spiro atoms. The van der Waals surface area contributed by atoms with Crippen LogP contribution in [0, 0.1) is 0 Å². The van der Waals surface area contributed by atoms with E-state index in [1.54, 1.807) is 0 Å². The first-order valence-electron chi connectivity index (χ1n) is 6.79. The van der Waals surface area contributed by atoms with Crippen LogP contribution in [0.2, 0.25) is 0 Å². The molecular weight excluding hydrogens is 228 g/mol. The lowest BCUT2D eigenvalue weighted by atomic mass is 9.78. The van der Waals surface area contributed by atoms with E-state index in [0.717, 1.165) is 30.6 Å². The van der Waals surface area contributed by atoms with Gasteiger partial charge in [-0.05, 0) is 37.5 Å². The summed E-state index contributed by atoms with van der Waals surface area (Å²) in [6.07, 6.45) is 3.64. The monoisotopic (exact) mass is 250 g/mol. The Balaban J connectivity index is 2.16. The van der Waals surface area contributed by atoms with Gasteiger partial charge < -0.3 is 14.9 Å². The van der Waals surface area contributed by atoms with Gasteiger partial charge in [-0.3, -0.25) is 0 Å². The van der Waals surface area contributed by atoms with Crippen LogP contribution in [0.5, 0.6) is 5.75 Å². The molecule has 2 rings (SSSR count). The third kappa shape index (κ3) is 2.85. The van der Waals surface area contributed by atoms with Crippen molar-refractivity contribution in [1.82, 2.24) is 0 Å². The highest BCUT2D eigenvalue weighted by Crippen LogP contribution is 2.38. The van der Waals surface area contributed by atoms with Gasteiger partial charge in [-0.25, -0.2) is 0 Å². The predicted octanol–water partition coefficient (Wildman–Crippen LogP) is 2.81. The summed E-state index contributed by atoms with van der Waals surface area (Å²) in [5, 5.41) is 20.9. The number of hydrogen-bond donors (Lipinski definition) is 2. The lowest BCUT2D eigenvalue weighted by molar-refractivity contribution is -0.0992. The molecule has 0 aromatic heterocycles. The Kier molecular flexibility index (Phi) is 4.25. The molecule has 0 heterocycles. The number of benzene rings is 1. The molecule has 1 aromatic rings. The van der Waals surface area contributed by atoms with Gasteiger partial charge in [0.1, 0.15) is 11.9 Å². The molecule has 0 bridgehead atoms. The van der Waals surface area contributed by atoms with E-state index in [1.165, 1.54) is 0 Å². The van der Waals surface area contributed by atoms with Crippen molar-refractivity contribution in [2.75, 3.05) is 6.61 Å². The van der Waals surface area contributed by atoms with Crippen molar-refractivity contribution >= 4 is 0 Å². The minimum absolute atomic E-state index is 0.601. The number of ether oxygens (including phenoxy) is 1. The van der Waals surface area contributed by atoms with E-state index in [0.29, 0.717) is 19.4 Å². The van der Waals surface area contributed by atoms with Crippen LogP contribution in [-0.4, -0.2) is 22.4 Å². The molecule has 1 atom stereocenters. The fourth-order valence-electron chi connectivity index (χ4n) is 2.69. The molecule has 3 heteroatoms. The minimum atomic E-state index is -0.969. The average molecular weight is 250 g/mol. The summed E-state index contributed by atoms with van der Waals surface area (Å²) in [5.74, 6) is 0.744. The lowest BCUT2D eigenvalue weighted by Crippen LogP contribution is -2.38. The smallest absolute Gasteiger partial charge is 0.119 e. The van der Waals surface area contributed by atoms with Crippen LogP contribution >= 0.6 is 0 Å². The van der Waals surface area contributed by atoms with Crippen molar-refractivity contribution < 1.29 is 14.9 Å². The van der Waals surface area contributed by atoms with Gasteiger partial charge in [0.25, 0.3) is 0 Å². The third-order valence-corrected chi connectivity index (χ3v) is 3.71. The molecule has 1 aromatic carbocycles. The summed E-state index contributed by atoms with van der Waals surface area (Å²) < 4.78 is 5.42. The largest absolute Gasteiger partial charge is 0.494 e.